The van der Waals surface area contributed by atoms with Crippen molar-refractivity contribution in [1.82, 2.24) is 0 Å². The van der Waals surface area contributed by atoms with E-state index >= 15 is 0 Å². The minimum atomic E-state index is 0.00433. The second-order valence-electron chi connectivity index (χ2n) is 6.02. The van der Waals surface area contributed by atoms with Gasteiger partial charge in [0, 0.05) is 11.0 Å². The van der Waals surface area contributed by atoms with E-state index in [2.05, 4.69) is 19.1 Å². The highest BCUT2D eigenvalue weighted by Crippen LogP contribution is 2.52. The molecule has 1 nitrogen and oxygen atoms in total. The van der Waals surface area contributed by atoms with Crippen LogP contribution in [-0.2, 0) is 6.42 Å². The Morgan fingerprint density at radius 1 is 1.28 bits per heavy atom. The smallest absolute Gasteiger partial charge is 0.169 e. The van der Waals surface area contributed by atoms with Crippen molar-refractivity contribution in [2.24, 2.45) is 11.3 Å². The number of fused-ring (bicyclic) bond motifs is 1. The van der Waals surface area contributed by atoms with Crippen LogP contribution >= 0.6 is 0 Å². The van der Waals surface area contributed by atoms with Crippen LogP contribution in [0.4, 0.5) is 0 Å². The van der Waals surface area contributed by atoms with Crippen LogP contribution in [0.15, 0.2) is 24.3 Å². The van der Waals surface area contributed by atoms with Gasteiger partial charge in [0.1, 0.15) is 0 Å². The first-order valence-corrected chi connectivity index (χ1v) is 7.40. The molecule has 1 spiro atoms. The van der Waals surface area contributed by atoms with Crippen molar-refractivity contribution in [2.45, 2.75) is 51.9 Å². The standard InChI is InChI=1S/C17H22O/c1-2-6-14-8-5-11-17(14)12-10-13-7-3-4-9-15(13)16(17)18/h3-4,7,9,14H,2,5-6,8,10-12H2,1H3. The average molecular weight is 242 g/mol. The topological polar surface area (TPSA) is 17.1 Å². The Kier molecular flexibility index (Phi) is 3.01. The summed E-state index contributed by atoms with van der Waals surface area (Å²) in [6.45, 7) is 2.24. The Hall–Kier alpha value is -1.11. The summed E-state index contributed by atoms with van der Waals surface area (Å²) in [5, 5.41) is 0. The second kappa shape index (κ2) is 4.53. The molecule has 0 saturated heterocycles. The van der Waals surface area contributed by atoms with Crippen LogP contribution in [0.2, 0.25) is 0 Å². The van der Waals surface area contributed by atoms with Gasteiger partial charge in [-0.15, -0.1) is 0 Å². The zero-order chi connectivity index (χ0) is 12.6. The first-order valence-electron chi connectivity index (χ1n) is 7.40. The van der Waals surface area contributed by atoms with Crippen LogP contribution < -0.4 is 0 Å². The number of aryl methyl sites for hydroxylation is 1. The van der Waals surface area contributed by atoms with Gasteiger partial charge in [-0.3, -0.25) is 4.79 Å². The van der Waals surface area contributed by atoms with Crippen molar-refractivity contribution in [2.75, 3.05) is 0 Å². The molecule has 2 atom stereocenters. The SMILES string of the molecule is CCCC1CCCC12CCc1ccccc1C2=O. The van der Waals surface area contributed by atoms with E-state index in [9.17, 15) is 4.79 Å². The molecule has 0 amide bonds. The van der Waals surface area contributed by atoms with Gasteiger partial charge < -0.3 is 0 Å². The van der Waals surface area contributed by atoms with Crippen molar-refractivity contribution in [1.29, 1.82) is 0 Å². The maximum absolute atomic E-state index is 12.9. The minimum absolute atomic E-state index is 0.00433. The van der Waals surface area contributed by atoms with E-state index in [4.69, 9.17) is 0 Å². The second-order valence-corrected chi connectivity index (χ2v) is 6.02. The van der Waals surface area contributed by atoms with E-state index in [0.29, 0.717) is 11.7 Å². The lowest BCUT2D eigenvalue weighted by Crippen LogP contribution is -2.39. The van der Waals surface area contributed by atoms with Crippen LogP contribution in [0.1, 0.15) is 61.4 Å². The van der Waals surface area contributed by atoms with Gasteiger partial charge in [-0.25, -0.2) is 0 Å². The van der Waals surface area contributed by atoms with E-state index < -0.39 is 0 Å². The van der Waals surface area contributed by atoms with Gasteiger partial charge >= 0.3 is 0 Å². The first kappa shape index (κ1) is 12.0. The van der Waals surface area contributed by atoms with Gasteiger partial charge in [0.25, 0.3) is 0 Å². The van der Waals surface area contributed by atoms with E-state index in [1.165, 1.54) is 31.2 Å². The maximum Gasteiger partial charge on any atom is 0.169 e. The molecule has 1 saturated carbocycles. The molecule has 2 unspecified atom stereocenters. The number of Topliss-reactive ketones (excluding diaryl/α,β-unsaturated/α-hetero) is 1. The molecule has 2 aliphatic carbocycles. The zero-order valence-corrected chi connectivity index (χ0v) is 11.2. The van der Waals surface area contributed by atoms with E-state index in [1.807, 2.05) is 12.1 Å². The van der Waals surface area contributed by atoms with Gasteiger partial charge in [-0.05, 0) is 43.6 Å². The third kappa shape index (κ3) is 1.64. The molecule has 0 radical (unpaired) electrons. The Bertz CT molecular complexity index is 462. The fourth-order valence-electron chi connectivity index (χ4n) is 4.24. The molecule has 2 aliphatic rings. The predicted molar refractivity (Wildman–Crippen MR) is 73.8 cm³/mol. The molecule has 0 aliphatic heterocycles. The van der Waals surface area contributed by atoms with E-state index in [1.54, 1.807) is 0 Å². The summed E-state index contributed by atoms with van der Waals surface area (Å²) in [7, 11) is 0. The summed E-state index contributed by atoms with van der Waals surface area (Å²) >= 11 is 0. The predicted octanol–water partition coefficient (Wildman–Crippen LogP) is 4.40. The Morgan fingerprint density at radius 3 is 2.94 bits per heavy atom. The lowest BCUT2D eigenvalue weighted by atomic mass is 9.64. The summed E-state index contributed by atoms with van der Waals surface area (Å²) in [6.07, 6.45) is 8.27. The molecule has 0 bridgehead atoms. The summed E-state index contributed by atoms with van der Waals surface area (Å²) < 4.78 is 0. The average Bonchev–Trinajstić information content (AvgIpc) is 2.79. The van der Waals surface area contributed by atoms with Crippen molar-refractivity contribution in [3.05, 3.63) is 35.4 Å². The van der Waals surface area contributed by atoms with Crippen LogP contribution in [0.25, 0.3) is 0 Å². The van der Waals surface area contributed by atoms with Gasteiger partial charge in [-0.1, -0.05) is 44.0 Å². The molecule has 0 heterocycles. The lowest BCUT2D eigenvalue weighted by molar-refractivity contribution is 0.0659. The molecular formula is C17H22O. The third-order valence-electron chi connectivity index (χ3n) is 5.15. The summed E-state index contributed by atoms with van der Waals surface area (Å²) in [5.74, 6) is 1.10. The summed E-state index contributed by atoms with van der Waals surface area (Å²) in [6, 6.07) is 8.24. The van der Waals surface area contributed by atoms with Crippen molar-refractivity contribution >= 4 is 5.78 Å². The number of carbonyl (C=O) groups excluding carboxylic acids is 1. The highest BCUT2D eigenvalue weighted by molar-refractivity contribution is 6.03. The Balaban J connectivity index is 1.98. The number of hydrogen-bond donors (Lipinski definition) is 0. The number of rotatable bonds is 2. The highest BCUT2D eigenvalue weighted by atomic mass is 16.1. The number of ketones is 1. The normalized spacial score (nSPS) is 30.7. The summed E-state index contributed by atoms with van der Waals surface area (Å²) in [4.78, 5) is 12.9. The van der Waals surface area contributed by atoms with E-state index in [-0.39, 0.29) is 5.41 Å². The molecule has 3 rings (SSSR count). The van der Waals surface area contributed by atoms with Crippen LogP contribution in [0, 0.1) is 11.3 Å². The molecule has 1 aromatic rings. The van der Waals surface area contributed by atoms with E-state index in [0.717, 1.165) is 24.8 Å². The quantitative estimate of drug-likeness (QED) is 0.751. The highest BCUT2D eigenvalue weighted by Gasteiger charge is 2.49. The molecule has 1 fully saturated rings. The molecule has 1 heteroatoms. The molecule has 96 valence electrons. The number of carbonyl (C=O) groups is 1. The molecule has 0 aromatic heterocycles. The Labute approximate surface area is 110 Å². The fourth-order valence-corrected chi connectivity index (χ4v) is 4.24. The largest absolute Gasteiger partial charge is 0.294 e. The molecule has 1 aromatic carbocycles. The number of benzene rings is 1. The van der Waals surface area contributed by atoms with Crippen LogP contribution in [-0.4, -0.2) is 5.78 Å². The van der Waals surface area contributed by atoms with Gasteiger partial charge in [-0.2, -0.15) is 0 Å². The fraction of sp³-hybridized carbons (Fsp3) is 0.588. The first-order chi connectivity index (χ1) is 8.78. The van der Waals surface area contributed by atoms with Crippen molar-refractivity contribution in [3.8, 4) is 0 Å². The monoisotopic (exact) mass is 242 g/mol. The van der Waals surface area contributed by atoms with Crippen LogP contribution in [0.5, 0.6) is 0 Å². The zero-order valence-electron chi connectivity index (χ0n) is 11.2. The lowest BCUT2D eigenvalue weighted by Gasteiger charge is -2.38. The molecule has 18 heavy (non-hydrogen) atoms. The van der Waals surface area contributed by atoms with Gasteiger partial charge in [0.05, 0.1) is 0 Å². The maximum atomic E-state index is 12.9. The van der Waals surface area contributed by atoms with Crippen molar-refractivity contribution in [3.63, 3.8) is 0 Å². The van der Waals surface area contributed by atoms with Crippen molar-refractivity contribution < 1.29 is 4.79 Å². The number of hydrogen-bond acceptors (Lipinski definition) is 1. The Morgan fingerprint density at radius 2 is 2.11 bits per heavy atom. The molecule has 0 N–H and O–H groups in total. The van der Waals surface area contributed by atoms with Crippen LogP contribution in [0.3, 0.4) is 0 Å². The molecular weight excluding hydrogens is 220 g/mol. The van der Waals surface area contributed by atoms with Gasteiger partial charge in [0.15, 0.2) is 5.78 Å². The summed E-state index contributed by atoms with van der Waals surface area (Å²) in [5.41, 5.74) is 2.30. The minimum Gasteiger partial charge on any atom is -0.294 e. The van der Waals surface area contributed by atoms with Gasteiger partial charge in [0.2, 0.25) is 0 Å². The third-order valence-corrected chi connectivity index (χ3v) is 5.15.